The predicted molar refractivity (Wildman–Crippen MR) is 93.9 cm³/mol. The average molecular weight is 360 g/mol. The fourth-order valence-electron chi connectivity index (χ4n) is 3.85. The summed E-state index contributed by atoms with van der Waals surface area (Å²) in [6.45, 7) is 0.557. The van der Waals surface area contributed by atoms with E-state index in [1.807, 2.05) is 12.1 Å². The lowest BCUT2D eigenvalue weighted by Gasteiger charge is -2.27. The van der Waals surface area contributed by atoms with Crippen molar-refractivity contribution in [3.8, 4) is 0 Å². The first kappa shape index (κ1) is 16.6. The van der Waals surface area contributed by atoms with Crippen LogP contribution >= 0.6 is 11.6 Å². The maximum absolute atomic E-state index is 14.1. The summed E-state index contributed by atoms with van der Waals surface area (Å²) in [5.41, 5.74) is -0.604. The summed E-state index contributed by atoms with van der Waals surface area (Å²) in [6.07, 6.45) is 1.93. The molecule has 1 unspecified atom stereocenters. The topological polar surface area (TPSA) is 40.5 Å². The number of carbonyl (C=O) groups is 1. The maximum Gasteiger partial charge on any atom is 0.233 e. The van der Waals surface area contributed by atoms with Crippen LogP contribution < -0.4 is 0 Å². The number of halogens is 2. The number of hydrogen-bond donors (Lipinski definition) is 1. The van der Waals surface area contributed by atoms with Crippen molar-refractivity contribution in [2.24, 2.45) is 0 Å². The molecule has 2 aromatic rings. The van der Waals surface area contributed by atoms with Crippen LogP contribution in [-0.2, 0) is 15.8 Å². The Morgan fingerprint density at radius 2 is 1.76 bits per heavy atom. The second kappa shape index (κ2) is 5.82. The zero-order valence-electron chi connectivity index (χ0n) is 13.7. The third-order valence-electron chi connectivity index (χ3n) is 5.47. The molecule has 25 heavy (non-hydrogen) atoms. The zero-order valence-corrected chi connectivity index (χ0v) is 14.5. The lowest BCUT2D eigenvalue weighted by molar-refractivity contribution is -0.134. The Hall–Kier alpha value is -1.91. The molecule has 2 fully saturated rings. The Morgan fingerprint density at radius 3 is 2.40 bits per heavy atom. The minimum Gasteiger partial charge on any atom is -0.383 e. The molecule has 0 spiro atoms. The summed E-state index contributed by atoms with van der Waals surface area (Å²) < 4.78 is 14.1. The van der Waals surface area contributed by atoms with Gasteiger partial charge in [0.25, 0.3) is 0 Å². The third kappa shape index (κ3) is 2.74. The van der Waals surface area contributed by atoms with Gasteiger partial charge >= 0.3 is 0 Å². The number of hydrogen-bond acceptors (Lipinski definition) is 2. The summed E-state index contributed by atoms with van der Waals surface area (Å²) in [5.74, 6) is -0.416. The maximum atomic E-state index is 14.1. The Kier molecular flexibility index (Phi) is 3.85. The highest BCUT2D eigenvalue weighted by Gasteiger charge is 2.55. The molecule has 0 aromatic heterocycles. The van der Waals surface area contributed by atoms with Gasteiger partial charge in [-0.25, -0.2) is 4.39 Å². The van der Waals surface area contributed by atoms with E-state index in [-0.39, 0.29) is 18.0 Å². The molecule has 1 heterocycles. The van der Waals surface area contributed by atoms with E-state index < -0.39 is 16.8 Å². The minimum atomic E-state index is -1.32. The van der Waals surface area contributed by atoms with E-state index in [0.29, 0.717) is 18.0 Å². The van der Waals surface area contributed by atoms with Crippen LogP contribution in [-0.4, -0.2) is 29.0 Å². The molecule has 0 bridgehead atoms. The molecule has 1 atom stereocenters. The normalized spacial score (nSPS) is 24.4. The van der Waals surface area contributed by atoms with Gasteiger partial charge in [-0.1, -0.05) is 41.9 Å². The van der Waals surface area contributed by atoms with Crippen molar-refractivity contribution in [1.29, 1.82) is 0 Å². The molecule has 2 aliphatic rings. The van der Waals surface area contributed by atoms with Gasteiger partial charge in [-0.2, -0.15) is 0 Å². The van der Waals surface area contributed by atoms with Crippen LogP contribution in [0.25, 0.3) is 0 Å². The SMILES string of the molecule is O=C(N1CCC(O)(c2ccccc2F)C1)C1(c2ccc(Cl)cc2)CC1. The molecule has 1 N–H and O–H groups in total. The molecule has 4 rings (SSSR count). The highest BCUT2D eigenvalue weighted by Crippen LogP contribution is 2.51. The number of carbonyl (C=O) groups excluding carboxylic acids is 1. The third-order valence-corrected chi connectivity index (χ3v) is 5.72. The summed E-state index contributed by atoms with van der Waals surface area (Å²) in [4.78, 5) is 14.8. The lowest BCUT2D eigenvalue weighted by atomic mass is 9.92. The number of aliphatic hydroxyl groups is 1. The smallest absolute Gasteiger partial charge is 0.233 e. The number of amides is 1. The Balaban J connectivity index is 1.57. The van der Waals surface area contributed by atoms with E-state index in [0.717, 1.165) is 18.4 Å². The molecule has 1 aliphatic heterocycles. The average Bonchev–Trinajstić information content (AvgIpc) is 3.32. The van der Waals surface area contributed by atoms with Gasteiger partial charge in [-0.15, -0.1) is 0 Å². The number of β-amino-alcohol motifs (C(OH)–C–C–N with tert-alkyl or cyclic N) is 1. The largest absolute Gasteiger partial charge is 0.383 e. The quantitative estimate of drug-likeness (QED) is 0.909. The Bertz CT molecular complexity index is 819. The molecular weight excluding hydrogens is 341 g/mol. The van der Waals surface area contributed by atoms with Crippen molar-refractivity contribution in [2.75, 3.05) is 13.1 Å². The van der Waals surface area contributed by atoms with Crippen LogP contribution in [0.5, 0.6) is 0 Å². The van der Waals surface area contributed by atoms with Crippen molar-refractivity contribution < 1.29 is 14.3 Å². The van der Waals surface area contributed by atoms with Gasteiger partial charge in [-0.05, 0) is 43.0 Å². The van der Waals surface area contributed by atoms with Gasteiger partial charge in [-0.3, -0.25) is 4.79 Å². The van der Waals surface area contributed by atoms with Gasteiger partial charge < -0.3 is 10.0 Å². The van der Waals surface area contributed by atoms with Crippen molar-refractivity contribution in [3.05, 3.63) is 70.5 Å². The molecule has 1 saturated heterocycles. The van der Waals surface area contributed by atoms with Gasteiger partial charge in [0, 0.05) is 17.1 Å². The second-order valence-electron chi connectivity index (χ2n) is 7.08. The van der Waals surface area contributed by atoms with Gasteiger partial charge in [0.1, 0.15) is 11.4 Å². The van der Waals surface area contributed by atoms with Crippen LogP contribution in [0.2, 0.25) is 5.02 Å². The zero-order chi connectivity index (χ0) is 17.7. The molecule has 5 heteroatoms. The minimum absolute atomic E-state index is 0.0158. The van der Waals surface area contributed by atoms with E-state index in [2.05, 4.69) is 0 Å². The monoisotopic (exact) mass is 359 g/mol. The van der Waals surface area contributed by atoms with Crippen LogP contribution in [0.1, 0.15) is 30.4 Å². The fraction of sp³-hybridized carbons (Fsp3) is 0.350. The molecule has 2 aromatic carbocycles. The number of likely N-dealkylation sites (tertiary alicyclic amines) is 1. The summed E-state index contributed by atoms with van der Waals surface area (Å²) >= 11 is 5.94. The molecule has 1 saturated carbocycles. The standard InChI is InChI=1S/C20H19ClFNO2/c21-15-7-5-14(6-8-15)19(9-10-19)18(24)23-12-11-20(25,13-23)16-3-1-2-4-17(16)22/h1-8,25H,9-13H2. The molecule has 3 nitrogen and oxygen atoms in total. The lowest BCUT2D eigenvalue weighted by Crippen LogP contribution is -2.40. The van der Waals surface area contributed by atoms with E-state index in [4.69, 9.17) is 11.6 Å². The van der Waals surface area contributed by atoms with Crippen LogP contribution in [0.15, 0.2) is 48.5 Å². The molecule has 0 radical (unpaired) electrons. The first-order valence-electron chi connectivity index (χ1n) is 8.47. The van der Waals surface area contributed by atoms with E-state index in [9.17, 15) is 14.3 Å². The number of rotatable bonds is 3. The van der Waals surface area contributed by atoms with Crippen LogP contribution in [0.4, 0.5) is 4.39 Å². The second-order valence-corrected chi connectivity index (χ2v) is 7.51. The summed E-state index contributed by atoms with van der Waals surface area (Å²) in [5, 5.41) is 11.5. The van der Waals surface area contributed by atoms with Gasteiger partial charge in [0.05, 0.1) is 12.0 Å². The number of benzene rings is 2. The highest BCUT2D eigenvalue weighted by atomic mass is 35.5. The Labute approximate surface area is 151 Å². The van der Waals surface area contributed by atoms with E-state index in [1.165, 1.54) is 6.07 Å². The van der Waals surface area contributed by atoms with Crippen molar-refractivity contribution in [3.63, 3.8) is 0 Å². The fourth-order valence-corrected chi connectivity index (χ4v) is 3.97. The number of nitrogens with zero attached hydrogens (tertiary/aromatic N) is 1. The van der Waals surface area contributed by atoms with Gasteiger partial charge in [0.15, 0.2) is 0 Å². The first-order chi connectivity index (χ1) is 11.9. The van der Waals surface area contributed by atoms with Crippen molar-refractivity contribution >= 4 is 17.5 Å². The summed E-state index contributed by atoms with van der Waals surface area (Å²) in [7, 11) is 0. The molecule has 1 amide bonds. The van der Waals surface area contributed by atoms with E-state index >= 15 is 0 Å². The van der Waals surface area contributed by atoms with Gasteiger partial charge in [0.2, 0.25) is 5.91 Å². The van der Waals surface area contributed by atoms with Crippen molar-refractivity contribution in [2.45, 2.75) is 30.3 Å². The first-order valence-corrected chi connectivity index (χ1v) is 8.85. The van der Waals surface area contributed by atoms with Crippen LogP contribution in [0.3, 0.4) is 0 Å². The summed E-state index contributed by atoms with van der Waals surface area (Å²) in [6, 6.07) is 13.6. The van der Waals surface area contributed by atoms with Crippen molar-refractivity contribution in [1.82, 2.24) is 4.90 Å². The molecule has 1 aliphatic carbocycles. The Morgan fingerprint density at radius 1 is 1.08 bits per heavy atom. The highest BCUT2D eigenvalue weighted by molar-refractivity contribution is 6.30. The van der Waals surface area contributed by atoms with Crippen LogP contribution in [0, 0.1) is 5.82 Å². The molecular formula is C20H19ClFNO2. The predicted octanol–water partition coefficient (Wildman–Crippen LogP) is 3.63. The molecule has 130 valence electrons. The van der Waals surface area contributed by atoms with E-state index in [1.54, 1.807) is 35.2 Å².